The van der Waals surface area contributed by atoms with Crippen LogP contribution in [0.2, 0.25) is 0 Å². The minimum absolute atomic E-state index is 0.0293. The standard InChI is InChI=1S/C78H132O20/c1-45-23-29-57(79)37-59-19-17-21-61(95-59)41-71(91-15)52(8)68(82)44-70(84)54(10)78(56(12)76(88)48(4)28-32-64-40-66(90-14)36-50(6)94-64)98-74(86)34-26-46(2)24-30-58(80)38-60-20-18-22-62(96-60)42-72(92-16)51(7)67(81)43-69(83)53(9)77(97-73(85)33-25-45)55(11)75(87)47(3)27-31-63-39-65(89-13)35-49(5)93-63/h17-20,23-26,33-34,47-72,75-84,87-88H,21-22,27-32,35-44H2,1-16H3/b33-25+,34-26+,45-23+,46-24+/t47-,48+,49-,50-,51-,52-,53-,54-,55-,56-,57+,58-,59-,60-,61-,62-,63-,64-,65+,66+,67-,68-,69+,70+,71-,72-,75-,76-,77-,78-/m0/s1. The zero-order chi connectivity index (χ0) is 72.5. The molecule has 98 heavy (non-hydrogen) atoms. The third kappa shape index (κ3) is 28.1. The van der Waals surface area contributed by atoms with Crippen LogP contribution in [-0.4, -0.2) is 216 Å². The lowest BCUT2D eigenvalue weighted by atomic mass is 9.78. The molecule has 0 amide bonds. The average Bonchev–Trinajstić information content (AvgIpc) is 0.853. The Bertz CT molecular complexity index is 2320. The quantitative estimate of drug-likeness (QED) is 0.0527. The molecule has 8 N–H and O–H groups in total. The van der Waals surface area contributed by atoms with Crippen LogP contribution in [0, 0.1) is 47.3 Å². The molecule has 0 aliphatic carbocycles. The van der Waals surface area contributed by atoms with Crippen LogP contribution in [0.15, 0.2) is 71.9 Å². The van der Waals surface area contributed by atoms with Crippen LogP contribution in [0.3, 0.4) is 0 Å². The van der Waals surface area contributed by atoms with Crippen molar-refractivity contribution in [3.05, 3.63) is 71.9 Å². The SMILES string of the molecule is CO[C@H]1C[C@H](CC[C@@H](C)[C@H](O)[C@H](C)[C@H]2OC(=O)/C=C/C(C)=C/C[C@H](O)C[C@@H]3C=CC[C@@H](C[C@H](OC)[C@@H](C)[C@@H](O)C[C@@H](O)[C@H](C)[C@@H]([C@@H](C)[C@@H](O)[C@@H](C)CC[C@H]4C[C@H](OC)C[C@H](C)O4)OC(=O)/C=C/C(C)=C/C[C@@H](O)C[C@@H]4C=CC[C@@H](C[C@H](OC)[C@@H](C)[C@@H](O)C[C@@H](O)[C@@H]2C)O4)O3)O[C@@H](C)C1. The van der Waals surface area contributed by atoms with Crippen LogP contribution in [-0.2, 0) is 57.0 Å². The Kier molecular flexibility index (Phi) is 37.6. The lowest BCUT2D eigenvalue weighted by molar-refractivity contribution is -0.158. The molecule has 2 fully saturated rings. The summed E-state index contributed by atoms with van der Waals surface area (Å²) in [4.78, 5) is 27.8. The fourth-order valence-corrected chi connectivity index (χ4v) is 15.3. The molecule has 0 aromatic carbocycles. The van der Waals surface area contributed by atoms with Crippen LogP contribution in [0.4, 0.5) is 0 Å². The van der Waals surface area contributed by atoms with Crippen LogP contribution in [0.5, 0.6) is 0 Å². The average molecular weight is 1390 g/mol. The summed E-state index contributed by atoms with van der Waals surface area (Å²) in [6, 6.07) is 0. The second-order valence-electron chi connectivity index (χ2n) is 30.3. The van der Waals surface area contributed by atoms with Gasteiger partial charge in [-0.15, -0.1) is 0 Å². The first-order valence-corrected chi connectivity index (χ1v) is 37.1. The highest BCUT2D eigenvalue weighted by molar-refractivity contribution is 5.83. The number of fused-ring (bicyclic) bond motifs is 4. The summed E-state index contributed by atoms with van der Waals surface area (Å²) in [6.07, 6.45) is 14.1. The molecule has 5 rings (SSSR count). The number of methoxy groups -OCH3 is 4. The molecule has 20 nitrogen and oxygen atoms in total. The molecule has 0 aromatic rings. The highest BCUT2D eigenvalue weighted by Crippen LogP contribution is 2.37. The van der Waals surface area contributed by atoms with Gasteiger partial charge in [-0.2, -0.15) is 0 Å². The molecule has 0 aromatic heterocycles. The van der Waals surface area contributed by atoms with E-state index in [0.717, 1.165) is 25.7 Å². The Balaban J connectivity index is 1.36. The summed E-state index contributed by atoms with van der Waals surface area (Å²) in [5.74, 6) is -5.50. The van der Waals surface area contributed by atoms with Crippen molar-refractivity contribution in [1.82, 2.24) is 0 Å². The molecule has 0 unspecified atom stereocenters. The van der Waals surface area contributed by atoms with Crippen molar-refractivity contribution in [2.45, 2.75) is 333 Å². The number of aliphatic hydroxyl groups excluding tert-OH is 8. The van der Waals surface area contributed by atoms with Gasteiger partial charge in [-0.3, -0.25) is 0 Å². The number of ether oxygens (including phenoxy) is 10. The summed E-state index contributed by atoms with van der Waals surface area (Å²) < 4.78 is 61.3. The van der Waals surface area contributed by atoms with E-state index in [4.69, 9.17) is 47.4 Å². The summed E-state index contributed by atoms with van der Waals surface area (Å²) in [7, 11) is 6.58. The number of esters is 2. The monoisotopic (exact) mass is 1390 g/mol. The fraction of sp³-hybridized carbons (Fsp3) is 0.821. The van der Waals surface area contributed by atoms with E-state index in [0.29, 0.717) is 62.5 Å². The topological polar surface area (TPSA) is 288 Å². The molecule has 0 spiro atoms. The molecule has 4 bridgehead atoms. The lowest BCUT2D eigenvalue weighted by Gasteiger charge is -2.38. The molecule has 2 saturated heterocycles. The number of cyclic esters (lactones) is 2. The molecule has 5 aliphatic rings. The molecule has 5 aliphatic heterocycles. The van der Waals surface area contributed by atoms with Gasteiger partial charge in [0.2, 0.25) is 0 Å². The zero-order valence-corrected chi connectivity index (χ0v) is 62.3. The van der Waals surface area contributed by atoms with Crippen LogP contribution < -0.4 is 0 Å². The van der Waals surface area contributed by atoms with E-state index in [1.54, 1.807) is 54.4 Å². The molecule has 30 atom stereocenters. The van der Waals surface area contributed by atoms with Gasteiger partial charge in [0.15, 0.2) is 0 Å². The molecule has 20 heteroatoms. The van der Waals surface area contributed by atoms with Crippen molar-refractivity contribution in [1.29, 1.82) is 0 Å². The van der Waals surface area contributed by atoms with Gasteiger partial charge in [0.05, 0.1) is 122 Å². The first-order chi connectivity index (χ1) is 46.4. The van der Waals surface area contributed by atoms with Gasteiger partial charge in [-0.05, 0) is 129 Å². The van der Waals surface area contributed by atoms with Crippen molar-refractivity contribution in [2.24, 2.45) is 47.3 Å². The number of aliphatic hydroxyl groups is 8. The maximum absolute atomic E-state index is 13.9. The van der Waals surface area contributed by atoms with E-state index in [-0.39, 0.29) is 99.2 Å². The normalized spacial score (nSPS) is 41.1. The Labute approximate surface area is 587 Å². The summed E-state index contributed by atoms with van der Waals surface area (Å²) in [6.45, 7) is 22.5. The largest absolute Gasteiger partial charge is 0.458 e. The van der Waals surface area contributed by atoms with E-state index < -0.39 is 133 Å². The molecule has 564 valence electrons. The molecular formula is C78H132O20. The van der Waals surface area contributed by atoms with Gasteiger partial charge < -0.3 is 88.2 Å². The Morgan fingerprint density at radius 1 is 0.449 bits per heavy atom. The van der Waals surface area contributed by atoms with Gasteiger partial charge >= 0.3 is 11.9 Å². The number of hydrogen-bond acceptors (Lipinski definition) is 20. The highest BCUT2D eigenvalue weighted by Gasteiger charge is 2.42. The van der Waals surface area contributed by atoms with Crippen molar-refractivity contribution in [3.8, 4) is 0 Å². The number of hydrogen-bond donors (Lipinski definition) is 8. The van der Waals surface area contributed by atoms with E-state index in [9.17, 15) is 50.4 Å². The van der Waals surface area contributed by atoms with Crippen LogP contribution in [0.25, 0.3) is 0 Å². The van der Waals surface area contributed by atoms with Crippen molar-refractivity contribution in [3.63, 3.8) is 0 Å². The molecule has 0 saturated carbocycles. The third-order valence-corrected chi connectivity index (χ3v) is 22.3. The van der Waals surface area contributed by atoms with Crippen molar-refractivity contribution < 1.29 is 97.8 Å². The van der Waals surface area contributed by atoms with Gasteiger partial charge in [0, 0.05) is 102 Å². The zero-order valence-electron chi connectivity index (χ0n) is 62.3. The van der Waals surface area contributed by atoms with Crippen LogP contribution >= 0.6 is 0 Å². The number of rotatable bonds is 16. The van der Waals surface area contributed by atoms with Gasteiger partial charge in [0.1, 0.15) is 12.2 Å². The second kappa shape index (κ2) is 43.1. The fourth-order valence-electron chi connectivity index (χ4n) is 15.3. The summed E-state index contributed by atoms with van der Waals surface area (Å²) in [5.41, 5.74) is 1.39. The maximum Gasteiger partial charge on any atom is 0.331 e. The number of carbonyl (C=O) groups is 2. The van der Waals surface area contributed by atoms with Crippen molar-refractivity contribution >= 4 is 11.9 Å². The van der Waals surface area contributed by atoms with E-state index in [1.807, 2.05) is 106 Å². The van der Waals surface area contributed by atoms with Crippen molar-refractivity contribution in [2.75, 3.05) is 28.4 Å². The first-order valence-electron chi connectivity index (χ1n) is 37.1. The Morgan fingerprint density at radius 3 is 1.15 bits per heavy atom. The first kappa shape index (κ1) is 85.4. The van der Waals surface area contributed by atoms with Gasteiger partial charge in [-0.25, -0.2) is 9.59 Å². The molecule has 5 heterocycles. The number of allylic oxidation sites excluding steroid dienone is 4. The molecule has 0 radical (unpaired) electrons. The Hall–Kier alpha value is -3.26. The third-order valence-electron chi connectivity index (χ3n) is 22.3. The van der Waals surface area contributed by atoms with E-state index in [1.165, 1.54) is 12.2 Å². The second-order valence-corrected chi connectivity index (χ2v) is 30.3. The maximum atomic E-state index is 13.9. The predicted octanol–water partition coefficient (Wildman–Crippen LogP) is 10.1. The number of carbonyl (C=O) groups excluding carboxylic acids is 2. The minimum atomic E-state index is -1.16. The van der Waals surface area contributed by atoms with E-state index >= 15 is 0 Å². The van der Waals surface area contributed by atoms with Gasteiger partial charge in [-0.1, -0.05) is 115 Å². The summed E-state index contributed by atoms with van der Waals surface area (Å²) >= 11 is 0. The van der Waals surface area contributed by atoms with Crippen LogP contribution in [0.1, 0.15) is 199 Å². The highest BCUT2D eigenvalue weighted by atomic mass is 16.6. The lowest BCUT2D eigenvalue weighted by Crippen LogP contribution is -2.45. The van der Waals surface area contributed by atoms with E-state index in [2.05, 4.69) is 0 Å². The molecular weight excluding hydrogens is 1260 g/mol. The Morgan fingerprint density at radius 2 is 0.806 bits per heavy atom. The minimum Gasteiger partial charge on any atom is -0.458 e. The predicted molar refractivity (Wildman–Crippen MR) is 377 cm³/mol. The summed E-state index contributed by atoms with van der Waals surface area (Å²) in [5, 5.41) is 94.4. The smallest absolute Gasteiger partial charge is 0.331 e. The van der Waals surface area contributed by atoms with Gasteiger partial charge in [0.25, 0.3) is 0 Å².